The largest absolute Gasteiger partial charge is 0.334 e. The first-order chi connectivity index (χ1) is 13.3. The van der Waals surface area contributed by atoms with Crippen molar-refractivity contribution in [1.29, 1.82) is 0 Å². The Bertz CT molecular complexity index is 971. The van der Waals surface area contributed by atoms with E-state index in [1.54, 1.807) is 0 Å². The summed E-state index contributed by atoms with van der Waals surface area (Å²) in [6.45, 7) is 2.19. The molecule has 0 spiro atoms. The highest BCUT2D eigenvalue weighted by Gasteiger charge is 2.14. The summed E-state index contributed by atoms with van der Waals surface area (Å²) in [5.74, 6) is 0. The molecule has 1 heterocycles. The van der Waals surface area contributed by atoms with E-state index in [1.807, 2.05) is 12.5 Å². The van der Waals surface area contributed by atoms with Gasteiger partial charge in [-0.1, -0.05) is 78.9 Å². The first kappa shape index (κ1) is 17.3. The lowest BCUT2D eigenvalue weighted by Crippen LogP contribution is -2.14. The Hall–Kier alpha value is -3.13. The van der Waals surface area contributed by atoms with Crippen molar-refractivity contribution in [3.05, 3.63) is 114 Å². The molecule has 1 atom stereocenters. The van der Waals surface area contributed by atoms with Crippen LogP contribution in [0.4, 0.5) is 0 Å². The van der Waals surface area contributed by atoms with Crippen LogP contribution in [0, 0.1) is 6.92 Å². The van der Waals surface area contributed by atoms with Crippen LogP contribution in [0.5, 0.6) is 0 Å². The number of benzene rings is 3. The van der Waals surface area contributed by atoms with Crippen molar-refractivity contribution in [1.82, 2.24) is 9.55 Å². The molecular formula is C25H24N2. The maximum absolute atomic E-state index is 4.27. The average molecular weight is 352 g/mol. The summed E-state index contributed by atoms with van der Waals surface area (Å²) in [5, 5.41) is 0. The highest BCUT2D eigenvalue weighted by molar-refractivity contribution is 5.63. The van der Waals surface area contributed by atoms with Gasteiger partial charge in [-0.2, -0.15) is 0 Å². The fourth-order valence-corrected chi connectivity index (χ4v) is 3.60. The summed E-state index contributed by atoms with van der Waals surface area (Å²) in [4.78, 5) is 4.27. The number of aryl methyl sites for hydroxylation is 1. The molecule has 0 saturated carbocycles. The van der Waals surface area contributed by atoms with Crippen LogP contribution in [0.3, 0.4) is 0 Å². The van der Waals surface area contributed by atoms with Gasteiger partial charge in [0.2, 0.25) is 0 Å². The molecule has 3 aromatic carbocycles. The summed E-state index contributed by atoms with van der Waals surface area (Å²) in [5.41, 5.74) is 6.62. The lowest BCUT2D eigenvalue weighted by molar-refractivity contribution is 0.494. The van der Waals surface area contributed by atoms with Gasteiger partial charge < -0.3 is 4.57 Å². The van der Waals surface area contributed by atoms with Crippen molar-refractivity contribution < 1.29 is 0 Å². The first-order valence-corrected chi connectivity index (χ1v) is 9.46. The predicted molar refractivity (Wildman–Crippen MR) is 112 cm³/mol. The first-order valence-electron chi connectivity index (χ1n) is 9.46. The standard InChI is InChI=1S/C25H24N2/c1-20-7-5-6-10-24(20)18-25(27-16-15-26-19-27)17-21-11-13-23(14-12-21)22-8-3-2-4-9-22/h2-16,19,25H,17-18H2,1H3. The van der Waals surface area contributed by atoms with Crippen molar-refractivity contribution in [2.24, 2.45) is 0 Å². The van der Waals surface area contributed by atoms with Crippen LogP contribution in [-0.2, 0) is 12.8 Å². The lowest BCUT2D eigenvalue weighted by atomic mass is 9.95. The van der Waals surface area contributed by atoms with Gasteiger partial charge in [0.15, 0.2) is 0 Å². The van der Waals surface area contributed by atoms with Gasteiger partial charge in [-0.15, -0.1) is 0 Å². The maximum atomic E-state index is 4.27. The lowest BCUT2D eigenvalue weighted by Gasteiger charge is -2.20. The zero-order valence-electron chi connectivity index (χ0n) is 15.6. The van der Waals surface area contributed by atoms with Gasteiger partial charge in [0.25, 0.3) is 0 Å². The van der Waals surface area contributed by atoms with Crippen LogP contribution in [0.2, 0.25) is 0 Å². The number of aromatic nitrogens is 2. The zero-order chi connectivity index (χ0) is 18.5. The number of rotatable bonds is 6. The molecule has 1 unspecified atom stereocenters. The van der Waals surface area contributed by atoms with E-state index in [0.717, 1.165) is 12.8 Å². The second kappa shape index (κ2) is 8.05. The second-order valence-electron chi connectivity index (χ2n) is 7.06. The quantitative estimate of drug-likeness (QED) is 0.423. The Morgan fingerprint density at radius 2 is 1.48 bits per heavy atom. The van der Waals surface area contributed by atoms with Crippen LogP contribution >= 0.6 is 0 Å². The Labute approximate surface area is 161 Å². The topological polar surface area (TPSA) is 17.8 Å². The molecule has 0 aliphatic carbocycles. The minimum atomic E-state index is 0.358. The van der Waals surface area contributed by atoms with Crippen LogP contribution in [0.15, 0.2) is 97.6 Å². The van der Waals surface area contributed by atoms with Crippen molar-refractivity contribution in [2.45, 2.75) is 25.8 Å². The Morgan fingerprint density at radius 1 is 0.778 bits per heavy atom. The van der Waals surface area contributed by atoms with Gasteiger partial charge in [-0.3, -0.25) is 0 Å². The van der Waals surface area contributed by atoms with Gasteiger partial charge >= 0.3 is 0 Å². The smallest absolute Gasteiger partial charge is 0.0948 e. The van der Waals surface area contributed by atoms with E-state index < -0.39 is 0 Å². The molecular weight excluding hydrogens is 328 g/mol. The highest BCUT2D eigenvalue weighted by atomic mass is 15.0. The fourth-order valence-electron chi connectivity index (χ4n) is 3.60. The number of hydrogen-bond acceptors (Lipinski definition) is 1. The summed E-state index contributed by atoms with van der Waals surface area (Å²) in [6, 6.07) is 28.5. The molecule has 4 rings (SSSR count). The third kappa shape index (κ3) is 4.17. The molecule has 1 aromatic heterocycles. The summed E-state index contributed by atoms with van der Waals surface area (Å²) in [7, 11) is 0. The minimum absolute atomic E-state index is 0.358. The van der Waals surface area contributed by atoms with E-state index in [0.29, 0.717) is 6.04 Å². The van der Waals surface area contributed by atoms with E-state index in [4.69, 9.17) is 0 Å². The second-order valence-corrected chi connectivity index (χ2v) is 7.06. The summed E-state index contributed by atoms with van der Waals surface area (Å²) >= 11 is 0. The number of hydrogen-bond donors (Lipinski definition) is 0. The van der Waals surface area contributed by atoms with Crippen LogP contribution in [-0.4, -0.2) is 9.55 Å². The number of nitrogens with zero attached hydrogens (tertiary/aromatic N) is 2. The van der Waals surface area contributed by atoms with Gasteiger partial charge in [-0.05, 0) is 47.6 Å². The highest BCUT2D eigenvalue weighted by Crippen LogP contribution is 2.24. The van der Waals surface area contributed by atoms with Crippen LogP contribution < -0.4 is 0 Å². The Morgan fingerprint density at radius 3 is 2.19 bits per heavy atom. The average Bonchev–Trinajstić information content (AvgIpc) is 3.25. The molecule has 2 heteroatoms. The monoisotopic (exact) mass is 352 g/mol. The third-order valence-corrected chi connectivity index (χ3v) is 5.20. The predicted octanol–water partition coefficient (Wildman–Crippen LogP) is 5.89. The Kier molecular flexibility index (Phi) is 5.15. The molecule has 4 aromatic rings. The molecule has 0 bridgehead atoms. The van der Waals surface area contributed by atoms with Gasteiger partial charge in [-0.25, -0.2) is 4.98 Å². The van der Waals surface area contributed by atoms with Crippen molar-refractivity contribution in [2.75, 3.05) is 0 Å². The SMILES string of the molecule is Cc1ccccc1CC(Cc1ccc(-c2ccccc2)cc1)n1ccnc1. The normalized spacial score (nSPS) is 12.0. The fraction of sp³-hybridized carbons (Fsp3) is 0.160. The Balaban J connectivity index is 1.56. The van der Waals surface area contributed by atoms with Crippen molar-refractivity contribution >= 4 is 0 Å². The minimum Gasteiger partial charge on any atom is -0.334 e. The van der Waals surface area contributed by atoms with Gasteiger partial charge in [0.05, 0.1) is 6.33 Å². The number of imidazole rings is 1. The molecule has 0 saturated heterocycles. The van der Waals surface area contributed by atoms with Gasteiger partial charge in [0.1, 0.15) is 0 Å². The van der Waals surface area contributed by atoms with E-state index >= 15 is 0 Å². The van der Waals surface area contributed by atoms with Crippen molar-refractivity contribution in [3.63, 3.8) is 0 Å². The van der Waals surface area contributed by atoms with E-state index in [-0.39, 0.29) is 0 Å². The molecule has 0 aliphatic rings. The van der Waals surface area contributed by atoms with E-state index in [2.05, 4.69) is 102 Å². The zero-order valence-corrected chi connectivity index (χ0v) is 15.6. The maximum Gasteiger partial charge on any atom is 0.0948 e. The molecule has 2 nitrogen and oxygen atoms in total. The third-order valence-electron chi connectivity index (χ3n) is 5.20. The van der Waals surface area contributed by atoms with E-state index in [9.17, 15) is 0 Å². The van der Waals surface area contributed by atoms with Gasteiger partial charge in [0, 0.05) is 18.4 Å². The molecule has 0 fully saturated rings. The van der Waals surface area contributed by atoms with Crippen LogP contribution in [0.25, 0.3) is 11.1 Å². The molecule has 27 heavy (non-hydrogen) atoms. The molecule has 0 radical (unpaired) electrons. The molecule has 0 amide bonds. The molecule has 134 valence electrons. The summed E-state index contributed by atoms with van der Waals surface area (Å²) in [6.07, 6.45) is 7.86. The molecule has 0 aliphatic heterocycles. The van der Waals surface area contributed by atoms with E-state index in [1.165, 1.54) is 27.8 Å². The summed E-state index contributed by atoms with van der Waals surface area (Å²) < 4.78 is 2.23. The van der Waals surface area contributed by atoms with Crippen molar-refractivity contribution in [3.8, 4) is 11.1 Å². The van der Waals surface area contributed by atoms with Crippen LogP contribution in [0.1, 0.15) is 22.7 Å². The molecule has 0 N–H and O–H groups in total.